The van der Waals surface area contributed by atoms with Crippen LogP contribution in [-0.2, 0) is 6.42 Å². The van der Waals surface area contributed by atoms with Gasteiger partial charge >= 0.3 is 0 Å². The van der Waals surface area contributed by atoms with Crippen molar-refractivity contribution in [2.75, 3.05) is 0 Å². The van der Waals surface area contributed by atoms with E-state index in [-0.39, 0.29) is 0 Å². The number of aryl methyl sites for hydroxylation is 1. The molecule has 0 N–H and O–H groups in total. The lowest BCUT2D eigenvalue weighted by Gasteiger charge is -2.07. The number of aromatic nitrogens is 4. The van der Waals surface area contributed by atoms with Crippen LogP contribution in [0.4, 0.5) is 0 Å². The Labute approximate surface area is 135 Å². The number of hydrogen-bond donors (Lipinski definition) is 0. The maximum Gasteiger partial charge on any atom is 0.247 e. The van der Waals surface area contributed by atoms with Gasteiger partial charge in [-0.2, -0.15) is 4.98 Å². The summed E-state index contributed by atoms with van der Waals surface area (Å²) in [5.41, 5.74) is 0.840. The third-order valence-corrected chi connectivity index (χ3v) is 4.14. The molecule has 7 heteroatoms. The molecular formula is C16H12N4O2S. The van der Waals surface area contributed by atoms with E-state index in [4.69, 9.17) is 9.15 Å². The number of rotatable bonds is 4. The van der Waals surface area contributed by atoms with Gasteiger partial charge in [0.05, 0.1) is 5.39 Å². The minimum Gasteiger partial charge on any atom is -0.438 e. The van der Waals surface area contributed by atoms with Crippen molar-refractivity contribution in [3.63, 3.8) is 0 Å². The van der Waals surface area contributed by atoms with Crippen LogP contribution in [-0.4, -0.2) is 20.2 Å². The Bertz CT molecular complexity index is 933. The number of fused-ring (bicyclic) bond motifs is 1. The van der Waals surface area contributed by atoms with E-state index in [0.717, 1.165) is 28.0 Å². The molecule has 23 heavy (non-hydrogen) atoms. The van der Waals surface area contributed by atoms with Crippen LogP contribution in [0.15, 0.2) is 46.5 Å². The van der Waals surface area contributed by atoms with Crippen molar-refractivity contribution in [1.29, 1.82) is 0 Å². The van der Waals surface area contributed by atoms with Gasteiger partial charge in [-0.25, -0.2) is 4.98 Å². The van der Waals surface area contributed by atoms with Crippen molar-refractivity contribution in [1.82, 2.24) is 20.2 Å². The maximum atomic E-state index is 5.95. The van der Waals surface area contributed by atoms with Crippen molar-refractivity contribution < 1.29 is 9.15 Å². The van der Waals surface area contributed by atoms with Crippen LogP contribution in [0.25, 0.3) is 21.7 Å². The first-order valence-electron chi connectivity index (χ1n) is 7.12. The monoisotopic (exact) mass is 324 g/mol. The second-order valence-electron chi connectivity index (χ2n) is 4.81. The molecule has 4 aromatic rings. The molecule has 1 aromatic carbocycles. The van der Waals surface area contributed by atoms with E-state index in [2.05, 4.69) is 20.2 Å². The average molecular weight is 324 g/mol. The van der Waals surface area contributed by atoms with Gasteiger partial charge in [0.25, 0.3) is 0 Å². The van der Waals surface area contributed by atoms with Gasteiger partial charge in [0.15, 0.2) is 0 Å². The van der Waals surface area contributed by atoms with Crippen LogP contribution in [0.2, 0.25) is 0 Å². The third-order valence-electron chi connectivity index (χ3n) is 3.33. The number of thiophene rings is 1. The van der Waals surface area contributed by atoms with E-state index >= 15 is 0 Å². The Morgan fingerprint density at radius 2 is 2.00 bits per heavy atom. The number of benzene rings is 1. The van der Waals surface area contributed by atoms with Crippen LogP contribution in [0, 0.1) is 0 Å². The molecule has 3 heterocycles. The highest BCUT2D eigenvalue weighted by molar-refractivity contribution is 7.16. The molecule has 0 unspecified atom stereocenters. The van der Waals surface area contributed by atoms with E-state index < -0.39 is 0 Å². The normalized spacial score (nSPS) is 11.0. The van der Waals surface area contributed by atoms with Crippen LogP contribution < -0.4 is 4.74 Å². The predicted molar refractivity (Wildman–Crippen MR) is 86.6 cm³/mol. The van der Waals surface area contributed by atoms with E-state index in [1.165, 1.54) is 6.39 Å². The Morgan fingerprint density at radius 3 is 2.74 bits per heavy atom. The summed E-state index contributed by atoms with van der Waals surface area (Å²) in [6, 6.07) is 9.42. The molecule has 0 amide bonds. The molecule has 0 aliphatic heterocycles. The largest absolute Gasteiger partial charge is 0.438 e. The van der Waals surface area contributed by atoms with Crippen molar-refractivity contribution >= 4 is 21.6 Å². The van der Waals surface area contributed by atoms with E-state index in [9.17, 15) is 0 Å². The lowest BCUT2D eigenvalue weighted by Crippen LogP contribution is -1.96. The fourth-order valence-electron chi connectivity index (χ4n) is 2.18. The molecule has 0 atom stereocenters. The first-order chi connectivity index (χ1) is 11.3. The first kappa shape index (κ1) is 13.8. The highest BCUT2D eigenvalue weighted by Gasteiger charge is 2.11. The van der Waals surface area contributed by atoms with Crippen LogP contribution >= 0.6 is 11.3 Å². The fraction of sp³-hybridized carbons (Fsp3) is 0.125. The average Bonchev–Trinajstić information content (AvgIpc) is 3.27. The summed E-state index contributed by atoms with van der Waals surface area (Å²) in [5.74, 6) is 2.53. The summed E-state index contributed by atoms with van der Waals surface area (Å²) in [6.07, 6.45) is 2.07. The fourth-order valence-corrected chi connectivity index (χ4v) is 2.96. The topological polar surface area (TPSA) is 73.9 Å². The molecule has 0 spiro atoms. The molecule has 0 saturated heterocycles. The minimum atomic E-state index is 0.479. The van der Waals surface area contributed by atoms with Crippen molar-refractivity contribution in [3.8, 4) is 23.1 Å². The van der Waals surface area contributed by atoms with Crippen LogP contribution in [0.1, 0.15) is 12.7 Å². The first-order valence-corrected chi connectivity index (χ1v) is 8.00. The molecule has 0 saturated carbocycles. The predicted octanol–water partition coefficient (Wildman–Crippen LogP) is 4.10. The molecule has 0 radical (unpaired) electrons. The van der Waals surface area contributed by atoms with Gasteiger partial charge < -0.3 is 9.15 Å². The molecule has 3 aromatic heterocycles. The number of ether oxygens (including phenoxy) is 1. The van der Waals surface area contributed by atoms with Crippen molar-refractivity contribution in [3.05, 3.63) is 47.9 Å². The zero-order valence-electron chi connectivity index (χ0n) is 12.3. The summed E-state index contributed by atoms with van der Waals surface area (Å²) in [4.78, 5) is 9.93. The van der Waals surface area contributed by atoms with Gasteiger partial charge in [-0.3, -0.25) is 0 Å². The Hall–Kier alpha value is -2.80. The molecule has 4 rings (SSSR count). The maximum absolute atomic E-state index is 5.95. The van der Waals surface area contributed by atoms with E-state index in [1.54, 1.807) is 11.3 Å². The zero-order valence-corrected chi connectivity index (χ0v) is 13.1. The standard InChI is InChI=1S/C16H12N4O2S/c1-2-13-18-15(12-7-8-23-16(12)19-13)22-11-5-3-10(4-6-11)14-20-17-9-21-14/h3-9H,2H2,1H3. The highest BCUT2D eigenvalue weighted by Crippen LogP contribution is 2.31. The quantitative estimate of drug-likeness (QED) is 0.563. The van der Waals surface area contributed by atoms with E-state index in [1.807, 2.05) is 42.6 Å². The van der Waals surface area contributed by atoms with Gasteiger partial charge in [-0.1, -0.05) is 6.92 Å². The molecule has 0 aliphatic carbocycles. The molecule has 0 fully saturated rings. The Kier molecular flexibility index (Phi) is 3.47. The lowest BCUT2D eigenvalue weighted by molar-refractivity contribution is 0.466. The van der Waals surface area contributed by atoms with Gasteiger partial charge in [0.1, 0.15) is 16.4 Å². The van der Waals surface area contributed by atoms with Gasteiger partial charge in [-0.15, -0.1) is 21.5 Å². The molecule has 6 nitrogen and oxygen atoms in total. The summed E-state index contributed by atoms with van der Waals surface area (Å²) < 4.78 is 11.1. The van der Waals surface area contributed by atoms with Crippen molar-refractivity contribution in [2.45, 2.75) is 13.3 Å². The number of hydrogen-bond acceptors (Lipinski definition) is 7. The third kappa shape index (κ3) is 2.66. The lowest BCUT2D eigenvalue weighted by atomic mass is 10.2. The Morgan fingerprint density at radius 1 is 1.13 bits per heavy atom. The summed E-state index contributed by atoms with van der Waals surface area (Å²) in [7, 11) is 0. The van der Waals surface area contributed by atoms with Gasteiger partial charge in [-0.05, 0) is 35.7 Å². The summed E-state index contributed by atoms with van der Waals surface area (Å²) in [5, 5.41) is 10.5. The Balaban J connectivity index is 1.66. The zero-order chi connectivity index (χ0) is 15.6. The molecule has 114 valence electrons. The summed E-state index contributed by atoms with van der Waals surface area (Å²) in [6.45, 7) is 2.03. The van der Waals surface area contributed by atoms with Crippen molar-refractivity contribution in [2.24, 2.45) is 0 Å². The molecule has 0 bridgehead atoms. The SMILES string of the molecule is CCc1nc(Oc2ccc(-c3nnco3)cc2)c2ccsc2n1. The summed E-state index contributed by atoms with van der Waals surface area (Å²) >= 11 is 1.58. The van der Waals surface area contributed by atoms with Crippen LogP contribution in [0.5, 0.6) is 11.6 Å². The van der Waals surface area contributed by atoms with Gasteiger partial charge in [0, 0.05) is 12.0 Å². The highest BCUT2D eigenvalue weighted by atomic mass is 32.1. The second-order valence-corrected chi connectivity index (χ2v) is 5.70. The minimum absolute atomic E-state index is 0.479. The molecule has 0 aliphatic rings. The second kappa shape index (κ2) is 5.77. The van der Waals surface area contributed by atoms with Gasteiger partial charge in [0.2, 0.25) is 18.2 Å². The molecular weight excluding hydrogens is 312 g/mol. The van der Waals surface area contributed by atoms with Crippen LogP contribution in [0.3, 0.4) is 0 Å². The smallest absolute Gasteiger partial charge is 0.247 e. The number of nitrogens with zero attached hydrogens (tertiary/aromatic N) is 4. The van der Waals surface area contributed by atoms with E-state index in [0.29, 0.717) is 17.5 Å².